The summed E-state index contributed by atoms with van der Waals surface area (Å²) < 4.78 is 7.38. The number of carbonyl (C=O) groups is 1. The fourth-order valence-corrected chi connectivity index (χ4v) is 4.48. The monoisotopic (exact) mass is 409 g/mol. The van der Waals surface area contributed by atoms with Crippen LogP contribution in [0.1, 0.15) is 30.6 Å². The van der Waals surface area contributed by atoms with E-state index in [0.29, 0.717) is 17.5 Å². The third kappa shape index (κ3) is 4.27. The number of carbonyl (C=O) groups excluding carboxylic acids is 1. The Hall–Kier alpha value is -2.87. The maximum atomic E-state index is 13.3. The van der Waals surface area contributed by atoms with Gasteiger partial charge in [-0.2, -0.15) is 4.68 Å². The number of amides is 1. The van der Waals surface area contributed by atoms with Gasteiger partial charge in [0, 0.05) is 13.1 Å². The van der Waals surface area contributed by atoms with Crippen LogP contribution < -0.4 is 4.74 Å². The Kier molecular flexibility index (Phi) is 6.09. The van der Waals surface area contributed by atoms with Crippen LogP contribution in [0.4, 0.5) is 0 Å². The number of nitrogens with zero attached hydrogens (tertiary/aromatic N) is 5. The Balaban J connectivity index is 1.68. The summed E-state index contributed by atoms with van der Waals surface area (Å²) in [5, 5.41) is 12.4. The number of rotatable bonds is 7. The number of ether oxygens (including phenoxy) is 1. The molecule has 0 radical (unpaired) electrons. The molecule has 2 heterocycles. The van der Waals surface area contributed by atoms with Crippen molar-refractivity contribution in [3.05, 3.63) is 60.2 Å². The van der Waals surface area contributed by atoms with Crippen molar-refractivity contribution in [2.75, 3.05) is 19.7 Å². The van der Waals surface area contributed by atoms with Crippen molar-refractivity contribution in [2.24, 2.45) is 0 Å². The Morgan fingerprint density at radius 1 is 1.10 bits per heavy atom. The molecule has 0 bridgehead atoms. The number of tetrazole rings is 1. The van der Waals surface area contributed by atoms with E-state index in [4.69, 9.17) is 4.74 Å². The average molecular weight is 410 g/mol. The maximum Gasteiger partial charge on any atom is 0.240 e. The van der Waals surface area contributed by atoms with Gasteiger partial charge in [-0.15, -0.1) is 5.10 Å². The first-order valence-electron chi connectivity index (χ1n) is 9.79. The first-order chi connectivity index (χ1) is 14.3. The SMILES string of the molecule is CCOc1ccccc1-n1nnnc1S[C@H](C(=O)N1CCCC1)c1ccccc1. The largest absolute Gasteiger partial charge is 0.492 e. The van der Waals surface area contributed by atoms with Crippen LogP contribution in [-0.2, 0) is 4.79 Å². The van der Waals surface area contributed by atoms with E-state index in [-0.39, 0.29) is 5.91 Å². The molecule has 0 saturated carbocycles. The van der Waals surface area contributed by atoms with E-state index in [1.54, 1.807) is 4.68 Å². The molecular formula is C21H23N5O2S. The molecule has 1 atom stereocenters. The maximum absolute atomic E-state index is 13.3. The highest BCUT2D eigenvalue weighted by Gasteiger charge is 2.30. The summed E-state index contributed by atoms with van der Waals surface area (Å²) in [6.07, 6.45) is 2.11. The van der Waals surface area contributed by atoms with E-state index < -0.39 is 5.25 Å². The zero-order valence-electron chi connectivity index (χ0n) is 16.3. The quantitative estimate of drug-likeness (QED) is 0.556. The smallest absolute Gasteiger partial charge is 0.240 e. The molecule has 0 spiro atoms. The van der Waals surface area contributed by atoms with Crippen molar-refractivity contribution in [1.29, 1.82) is 0 Å². The fraction of sp³-hybridized carbons (Fsp3) is 0.333. The molecule has 7 nitrogen and oxygen atoms in total. The van der Waals surface area contributed by atoms with Crippen LogP contribution >= 0.6 is 11.8 Å². The second-order valence-electron chi connectivity index (χ2n) is 6.71. The summed E-state index contributed by atoms with van der Waals surface area (Å²) in [4.78, 5) is 15.2. The number of hydrogen-bond acceptors (Lipinski definition) is 6. The summed E-state index contributed by atoms with van der Waals surface area (Å²) in [5.74, 6) is 0.803. The predicted molar refractivity (Wildman–Crippen MR) is 111 cm³/mol. The second-order valence-corrected chi connectivity index (χ2v) is 7.79. The van der Waals surface area contributed by atoms with Crippen LogP contribution in [-0.4, -0.2) is 50.7 Å². The molecule has 29 heavy (non-hydrogen) atoms. The molecule has 0 N–H and O–H groups in total. The van der Waals surface area contributed by atoms with Crippen LogP contribution in [0.15, 0.2) is 59.8 Å². The predicted octanol–water partition coefficient (Wildman–Crippen LogP) is 3.52. The van der Waals surface area contributed by atoms with Crippen LogP contribution in [0, 0.1) is 0 Å². The van der Waals surface area contributed by atoms with E-state index in [0.717, 1.165) is 37.2 Å². The zero-order chi connectivity index (χ0) is 20.1. The first kappa shape index (κ1) is 19.4. The molecule has 0 unspecified atom stereocenters. The number of aromatic nitrogens is 4. The fourth-order valence-electron chi connectivity index (χ4n) is 3.41. The van der Waals surface area contributed by atoms with Gasteiger partial charge in [0.1, 0.15) is 16.7 Å². The van der Waals surface area contributed by atoms with Crippen molar-refractivity contribution in [1.82, 2.24) is 25.1 Å². The molecule has 0 aliphatic carbocycles. The highest BCUT2D eigenvalue weighted by Crippen LogP contribution is 2.37. The van der Waals surface area contributed by atoms with E-state index in [1.165, 1.54) is 11.8 Å². The Morgan fingerprint density at radius 2 is 1.83 bits per heavy atom. The summed E-state index contributed by atoms with van der Waals surface area (Å²) in [5.41, 5.74) is 1.70. The Bertz CT molecular complexity index is 956. The van der Waals surface area contributed by atoms with Crippen LogP contribution in [0.3, 0.4) is 0 Å². The van der Waals surface area contributed by atoms with Gasteiger partial charge in [0.15, 0.2) is 0 Å². The van der Waals surface area contributed by atoms with Crippen molar-refractivity contribution in [2.45, 2.75) is 30.2 Å². The number of hydrogen-bond donors (Lipinski definition) is 0. The minimum absolute atomic E-state index is 0.103. The van der Waals surface area contributed by atoms with Gasteiger partial charge in [-0.1, -0.05) is 54.2 Å². The van der Waals surface area contributed by atoms with Gasteiger partial charge in [-0.25, -0.2) is 0 Å². The van der Waals surface area contributed by atoms with Crippen molar-refractivity contribution in [3.8, 4) is 11.4 Å². The average Bonchev–Trinajstić information content (AvgIpc) is 3.45. The Morgan fingerprint density at radius 3 is 2.59 bits per heavy atom. The number of benzene rings is 2. The standard InChI is InChI=1S/C21H23N5O2S/c1-2-28-18-13-7-6-12-17(18)26-21(22-23-24-26)29-19(16-10-4-3-5-11-16)20(27)25-14-8-9-15-25/h3-7,10-13,19H,2,8-9,14-15H2,1H3/t19-/m0/s1. The molecule has 1 saturated heterocycles. The molecule has 1 amide bonds. The van der Waals surface area contributed by atoms with Gasteiger partial charge in [-0.3, -0.25) is 4.79 Å². The molecule has 4 rings (SSSR count). The van der Waals surface area contributed by atoms with E-state index in [9.17, 15) is 4.79 Å². The van der Waals surface area contributed by atoms with Gasteiger partial charge >= 0.3 is 0 Å². The van der Waals surface area contributed by atoms with Gasteiger partial charge in [0.25, 0.3) is 0 Å². The van der Waals surface area contributed by atoms with Crippen molar-refractivity contribution >= 4 is 17.7 Å². The summed E-state index contributed by atoms with van der Waals surface area (Å²) >= 11 is 1.37. The molecule has 150 valence electrons. The summed E-state index contributed by atoms with van der Waals surface area (Å²) in [6.45, 7) is 4.09. The molecule has 8 heteroatoms. The normalized spacial score (nSPS) is 14.7. The Labute approximate surface area is 174 Å². The zero-order valence-corrected chi connectivity index (χ0v) is 17.1. The van der Waals surface area contributed by atoms with Gasteiger partial charge in [-0.05, 0) is 47.9 Å². The van der Waals surface area contributed by atoms with Crippen LogP contribution in [0.2, 0.25) is 0 Å². The highest BCUT2D eigenvalue weighted by atomic mass is 32.2. The third-order valence-electron chi connectivity index (χ3n) is 4.80. The van der Waals surface area contributed by atoms with E-state index in [1.807, 2.05) is 66.4 Å². The van der Waals surface area contributed by atoms with Gasteiger partial charge in [0.2, 0.25) is 11.1 Å². The minimum Gasteiger partial charge on any atom is -0.492 e. The molecule has 2 aromatic carbocycles. The lowest BCUT2D eigenvalue weighted by atomic mass is 10.1. The molecule has 1 aromatic heterocycles. The van der Waals surface area contributed by atoms with E-state index in [2.05, 4.69) is 15.5 Å². The molecule has 1 aliphatic rings. The lowest BCUT2D eigenvalue weighted by Gasteiger charge is -2.22. The minimum atomic E-state index is -0.404. The lowest BCUT2D eigenvalue weighted by molar-refractivity contribution is -0.129. The highest BCUT2D eigenvalue weighted by molar-refractivity contribution is 8.00. The molecular weight excluding hydrogens is 386 g/mol. The van der Waals surface area contributed by atoms with Crippen molar-refractivity contribution < 1.29 is 9.53 Å². The molecule has 1 fully saturated rings. The topological polar surface area (TPSA) is 73.1 Å². The molecule has 1 aliphatic heterocycles. The number of likely N-dealkylation sites (tertiary alicyclic amines) is 1. The van der Waals surface area contributed by atoms with E-state index >= 15 is 0 Å². The summed E-state index contributed by atoms with van der Waals surface area (Å²) in [7, 11) is 0. The van der Waals surface area contributed by atoms with Gasteiger partial charge < -0.3 is 9.64 Å². The van der Waals surface area contributed by atoms with Crippen LogP contribution in [0.25, 0.3) is 5.69 Å². The first-order valence-corrected chi connectivity index (χ1v) is 10.7. The van der Waals surface area contributed by atoms with Crippen molar-refractivity contribution in [3.63, 3.8) is 0 Å². The van der Waals surface area contributed by atoms with Gasteiger partial charge in [0.05, 0.1) is 6.61 Å². The third-order valence-corrected chi connectivity index (χ3v) is 5.98. The molecule has 3 aromatic rings. The lowest BCUT2D eigenvalue weighted by Crippen LogP contribution is -2.31. The number of thioether (sulfide) groups is 1. The van der Waals surface area contributed by atoms with Crippen LogP contribution in [0.5, 0.6) is 5.75 Å². The summed E-state index contributed by atoms with van der Waals surface area (Å²) in [6, 6.07) is 17.4. The second kappa shape index (κ2) is 9.09. The number of para-hydroxylation sites is 2.